The van der Waals surface area contributed by atoms with Crippen molar-refractivity contribution >= 4 is 38.9 Å². The van der Waals surface area contributed by atoms with Gasteiger partial charge in [0.2, 0.25) is 0 Å². The van der Waals surface area contributed by atoms with Crippen LogP contribution in [0.5, 0.6) is 0 Å². The van der Waals surface area contributed by atoms with Gasteiger partial charge in [-0.25, -0.2) is 0 Å². The van der Waals surface area contributed by atoms with Gasteiger partial charge in [-0.3, -0.25) is 4.79 Å². The van der Waals surface area contributed by atoms with Gasteiger partial charge in [-0.05, 0) is 49.2 Å². The first-order valence-corrected chi connectivity index (χ1v) is 6.91. The van der Waals surface area contributed by atoms with E-state index in [1.807, 2.05) is 26.0 Å². The molecular formula is C15H16BrN3O. The van der Waals surface area contributed by atoms with Crippen LogP contribution < -0.4 is 16.8 Å². The molecule has 0 fully saturated rings. The third-order valence-electron chi connectivity index (χ3n) is 3.11. The molecule has 0 atom stereocenters. The summed E-state index contributed by atoms with van der Waals surface area (Å²) < 4.78 is 1.01. The number of anilines is 3. The highest BCUT2D eigenvalue weighted by Gasteiger charge is 2.13. The maximum absolute atomic E-state index is 11.5. The molecule has 2 aromatic rings. The zero-order chi connectivity index (χ0) is 14.9. The lowest BCUT2D eigenvalue weighted by atomic mass is 10.1. The highest BCUT2D eigenvalue weighted by atomic mass is 79.9. The summed E-state index contributed by atoms with van der Waals surface area (Å²) in [6.45, 7) is 3.98. The fraction of sp³-hybridized carbons (Fsp3) is 0.133. The quantitative estimate of drug-likeness (QED) is 0.752. The molecule has 5 N–H and O–H groups in total. The molecule has 2 rings (SSSR count). The second-order valence-electron chi connectivity index (χ2n) is 4.67. The highest BCUT2D eigenvalue weighted by Crippen LogP contribution is 2.32. The van der Waals surface area contributed by atoms with E-state index in [9.17, 15) is 4.79 Å². The Bertz CT molecular complexity index is 660. The standard InChI is InChI=1S/C15H16BrN3O/c1-8-6-10(16)7-9(2)13(8)19-14-11(15(18)20)4-3-5-12(14)17/h3-7,19H,17H2,1-2H3,(H2,18,20). The summed E-state index contributed by atoms with van der Waals surface area (Å²) in [5, 5.41) is 3.24. The van der Waals surface area contributed by atoms with Crippen molar-refractivity contribution in [3.63, 3.8) is 0 Å². The molecule has 2 aromatic carbocycles. The maximum atomic E-state index is 11.5. The van der Waals surface area contributed by atoms with Gasteiger partial charge in [0.15, 0.2) is 0 Å². The molecule has 0 spiro atoms. The average Bonchev–Trinajstić information content (AvgIpc) is 2.34. The fourth-order valence-electron chi connectivity index (χ4n) is 2.15. The molecule has 0 heterocycles. The zero-order valence-electron chi connectivity index (χ0n) is 11.3. The van der Waals surface area contributed by atoms with Crippen LogP contribution in [0.15, 0.2) is 34.8 Å². The molecule has 5 heteroatoms. The number of aryl methyl sites for hydroxylation is 2. The van der Waals surface area contributed by atoms with Crippen LogP contribution in [0.4, 0.5) is 17.1 Å². The fourth-order valence-corrected chi connectivity index (χ4v) is 2.83. The van der Waals surface area contributed by atoms with Gasteiger partial charge in [-0.1, -0.05) is 22.0 Å². The van der Waals surface area contributed by atoms with Gasteiger partial charge in [0.05, 0.1) is 16.9 Å². The van der Waals surface area contributed by atoms with Gasteiger partial charge in [0.1, 0.15) is 0 Å². The van der Waals surface area contributed by atoms with Gasteiger partial charge in [-0.15, -0.1) is 0 Å². The number of carbonyl (C=O) groups is 1. The summed E-state index contributed by atoms with van der Waals surface area (Å²) in [5.74, 6) is -0.507. The molecule has 0 bridgehead atoms. The predicted molar refractivity (Wildman–Crippen MR) is 86.3 cm³/mol. The summed E-state index contributed by atoms with van der Waals surface area (Å²) in [5.41, 5.74) is 15.8. The lowest BCUT2D eigenvalue weighted by molar-refractivity contribution is 0.100. The first kappa shape index (κ1) is 14.4. The number of nitrogen functional groups attached to an aromatic ring is 1. The number of hydrogen-bond acceptors (Lipinski definition) is 3. The summed E-state index contributed by atoms with van der Waals surface area (Å²) in [4.78, 5) is 11.5. The van der Waals surface area contributed by atoms with Gasteiger partial charge in [0, 0.05) is 10.2 Å². The van der Waals surface area contributed by atoms with Crippen molar-refractivity contribution in [3.8, 4) is 0 Å². The zero-order valence-corrected chi connectivity index (χ0v) is 12.9. The molecular weight excluding hydrogens is 318 g/mol. The van der Waals surface area contributed by atoms with Crippen LogP contribution in [-0.2, 0) is 0 Å². The van der Waals surface area contributed by atoms with Crippen molar-refractivity contribution in [2.75, 3.05) is 11.1 Å². The topological polar surface area (TPSA) is 81.1 Å². The predicted octanol–water partition coefficient (Wildman–Crippen LogP) is 3.49. The first-order chi connectivity index (χ1) is 9.40. The molecule has 0 aliphatic heterocycles. The van der Waals surface area contributed by atoms with E-state index in [0.29, 0.717) is 16.9 Å². The van der Waals surface area contributed by atoms with E-state index >= 15 is 0 Å². The molecule has 4 nitrogen and oxygen atoms in total. The Morgan fingerprint density at radius 3 is 2.30 bits per heavy atom. The first-order valence-electron chi connectivity index (χ1n) is 6.12. The Hall–Kier alpha value is -2.01. The molecule has 0 saturated carbocycles. The summed E-state index contributed by atoms with van der Waals surface area (Å²) >= 11 is 3.46. The molecule has 20 heavy (non-hydrogen) atoms. The maximum Gasteiger partial charge on any atom is 0.250 e. The second kappa shape index (κ2) is 5.54. The Morgan fingerprint density at radius 1 is 1.15 bits per heavy atom. The Kier molecular flexibility index (Phi) is 3.99. The van der Waals surface area contributed by atoms with Crippen LogP contribution in [0.25, 0.3) is 0 Å². The van der Waals surface area contributed by atoms with Crippen molar-refractivity contribution in [1.82, 2.24) is 0 Å². The summed E-state index contributed by atoms with van der Waals surface area (Å²) in [6.07, 6.45) is 0. The van der Waals surface area contributed by atoms with Crippen LogP contribution in [0, 0.1) is 13.8 Å². The van der Waals surface area contributed by atoms with Crippen molar-refractivity contribution in [3.05, 3.63) is 51.5 Å². The lowest BCUT2D eigenvalue weighted by Gasteiger charge is -2.17. The number of carbonyl (C=O) groups excluding carboxylic acids is 1. The summed E-state index contributed by atoms with van der Waals surface area (Å²) in [6, 6.07) is 9.10. The number of amides is 1. The highest BCUT2D eigenvalue weighted by molar-refractivity contribution is 9.10. The van der Waals surface area contributed by atoms with E-state index in [1.54, 1.807) is 18.2 Å². The Labute approximate surface area is 126 Å². The molecule has 0 aliphatic carbocycles. The number of para-hydroxylation sites is 1. The normalized spacial score (nSPS) is 10.3. The van der Waals surface area contributed by atoms with E-state index in [1.165, 1.54) is 0 Å². The van der Waals surface area contributed by atoms with Crippen molar-refractivity contribution in [1.29, 1.82) is 0 Å². The third kappa shape index (κ3) is 2.77. The number of benzene rings is 2. The van der Waals surface area contributed by atoms with Crippen LogP contribution >= 0.6 is 15.9 Å². The Balaban J connectivity index is 2.53. The van der Waals surface area contributed by atoms with Gasteiger partial charge in [0.25, 0.3) is 5.91 Å². The van der Waals surface area contributed by atoms with E-state index in [-0.39, 0.29) is 0 Å². The average molecular weight is 334 g/mol. The number of nitrogens with two attached hydrogens (primary N) is 2. The van der Waals surface area contributed by atoms with Crippen molar-refractivity contribution in [2.24, 2.45) is 5.73 Å². The largest absolute Gasteiger partial charge is 0.397 e. The molecule has 0 aromatic heterocycles. The number of hydrogen-bond donors (Lipinski definition) is 3. The van der Waals surface area contributed by atoms with Gasteiger partial charge < -0.3 is 16.8 Å². The number of nitrogens with one attached hydrogen (secondary N) is 1. The number of rotatable bonds is 3. The van der Waals surface area contributed by atoms with Gasteiger partial charge in [-0.2, -0.15) is 0 Å². The second-order valence-corrected chi connectivity index (χ2v) is 5.59. The van der Waals surface area contributed by atoms with E-state index in [4.69, 9.17) is 11.5 Å². The van der Waals surface area contributed by atoms with Crippen LogP contribution in [0.1, 0.15) is 21.5 Å². The van der Waals surface area contributed by atoms with E-state index < -0.39 is 5.91 Å². The van der Waals surface area contributed by atoms with E-state index in [2.05, 4.69) is 21.2 Å². The van der Waals surface area contributed by atoms with Crippen LogP contribution in [0.2, 0.25) is 0 Å². The smallest absolute Gasteiger partial charge is 0.250 e. The molecule has 1 amide bonds. The molecule has 0 unspecified atom stereocenters. The van der Waals surface area contributed by atoms with E-state index in [0.717, 1.165) is 21.3 Å². The number of primary amides is 1. The molecule has 104 valence electrons. The van der Waals surface area contributed by atoms with Crippen LogP contribution in [-0.4, -0.2) is 5.91 Å². The summed E-state index contributed by atoms with van der Waals surface area (Å²) in [7, 11) is 0. The lowest BCUT2D eigenvalue weighted by Crippen LogP contribution is -2.14. The molecule has 0 radical (unpaired) electrons. The minimum Gasteiger partial charge on any atom is -0.397 e. The monoisotopic (exact) mass is 333 g/mol. The number of halogens is 1. The third-order valence-corrected chi connectivity index (χ3v) is 3.57. The van der Waals surface area contributed by atoms with Gasteiger partial charge >= 0.3 is 0 Å². The van der Waals surface area contributed by atoms with Crippen molar-refractivity contribution < 1.29 is 4.79 Å². The minimum absolute atomic E-state index is 0.381. The Morgan fingerprint density at radius 2 is 1.75 bits per heavy atom. The molecule has 0 saturated heterocycles. The van der Waals surface area contributed by atoms with Crippen molar-refractivity contribution in [2.45, 2.75) is 13.8 Å². The minimum atomic E-state index is -0.507. The SMILES string of the molecule is Cc1cc(Br)cc(C)c1Nc1c(N)cccc1C(N)=O. The van der Waals surface area contributed by atoms with Crippen LogP contribution in [0.3, 0.4) is 0 Å². The molecule has 0 aliphatic rings.